The van der Waals surface area contributed by atoms with Crippen LogP contribution in [-0.2, 0) is 26.6 Å². The molecule has 0 atom stereocenters. The van der Waals surface area contributed by atoms with Crippen molar-refractivity contribution in [3.8, 4) is 0 Å². The molecule has 0 saturated carbocycles. The lowest BCUT2D eigenvalue weighted by Gasteiger charge is -2.09. The van der Waals surface area contributed by atoms with Crippen LogP contribution in [0.5, 0.6) is 0 Å². The molecule has 106 valence electrons. The van der Waals surface area contributed by atoms with E-state index in [2.05, 4.69) is 10.4 Å². The van der Waals surface area contributed by atoms with Crippen LogP contribution in [0.4, 0.5) is 0 Å². The van der Waals surface area contributed by atoms with E-state index in [0.29, 0.717) is 18.8 Å². The molecule has 0 radical (unpaired) electrons. The van der Waals surface area contributed by atoms with Crippen molar-refractivity contribution >= 4 is 5.91 Å². The molecule has 0 saturated heterocycles. The van der Waals surface area contributed by atoms with Crippen LogP contribution in [0.3, 0.4) is 0 Å². The van der Waals surface area contributed by atoms with E-state index >= 15 is 0 Å². The van der Waals surface area contributed by atoms with E-state index < -0.39 is 0 Å². The minimum atomic E-state index is -0.119. The molecule has 0 aliphatic rings. The Kier molecular flexibility index (Phi) is 4.53. The molecule has 1 aromatic heterocycles. The number of carbonyl (C=O) groups is 1. The first-order valence-corrected chi connectivity index (χ1v) is 6.73. The zero-order chi connectivity index (χ0) is 14.5. The first-order chi connectivity index (χ1) is 9.65. The van der Waals surface area contributed by atoms with Crippen LogP contribution in [0.2, 0.25) is 0 Å². The minimum Gasteiger partial charge on any atom is -0.347 e. The Labute approximate surface area is 118 Å². The van der Waals surface area contributed by atoms with Crippen LogP contribution < -0.4 is 11.1 Å². The standard InChI is InChI=1S/C15H20N4O/c1-3-13-8-14(19(2)18-13)15(20)17-10-12-7-5-4-6-11(12)9-16/h4-8H,3,9-10,16H2,1-2H3,(H,17,20). The molecule has 0 unspecified atom stereocenters. The lowest BCUT2D eigenvalue weighted by Crippen LogP contribution is -2.25. The average Bonchev–Trinajstić information content (AvgIpc) is 2.86. The van der Waals surface area contributed by atoms with Crippen molar-refractivity contribution in [1.82, 2.24) is 15.1 Å². The molecule has 3 N–H and O–H groups in total. The Morgan fingerprint density at radius 3 is 2.65 bits per heavy atom. The fourth-order valence-corrected chi connectivity index (χ4v) is 2.11. The molecule has 2 rings (SSSR count). The summed E-state index contributed by atoms with van der Waals surface area (Å²) in [7, 11) is 1.78. The smallest absolute Gasteiger partial charge is 0.269 e. The molecule has 2 aromatic rings. The van der Waals surface area contributed by atoms with Crippen molar-refractivity contribution in [2.75, 3.05) is 0 Å². The van der Waals surface area contributed by atoms with Crippen molar-refractivity contribution < 1.29 is 4.79 Å². The maximum atomic E-state index is 12.2. The molecule has 5 heteroatoms. The number of nitrogens with one attached hydrogen (secondary N) is 1. The quantitative estimate of drug-likeness (QED) is 0.863. The van der Waals surface area contributed by atoms with Crippen molar-refractivity contribution in [3.05, 3.63) is 52.8 Å². The average molecular weight is 272 g/mol. The maximum absolute atomic E-state index is 12.2. The predicted octanol–water partition coefficient (Wildman–Crippen LogP) is 1.37. The molecule has 1 aromatic carbocycles. The van der Waals surface area contributed by atoms with Gasteiger partial charge < -0.3 is 11.1 Å². The molecule has 0 aliphatic carbocycles. The summed E-state index contributed by atoms with van der Waals surface area (Å²) < 4.78 is 1.61. The van der Waals surface area contributed by atoms with Crippen molar-refractivity contribution in [3.63, 3.8) is 0 Å². The van der Waals surface area contributed by atoms with Gasteiger partial charge in [0.15, 0.2) is 0 Å². The SMILES string of the molecule is CCc1cc(C(=O)NCc2ccccc2CN)n(C)n1. The van der Waals surface area contributed by atoms with Crippen LogP contribution in [0.15, 0.2) is 30.3 Å². The third-order valence-electron chi connectivity index (χ3n) is 3.30. The molecule has 0 aliphatic heterocycles. The second kappa shape index (κ2) is 6.34. The number of nitrogens with two attached hydrogens (primary N) is 1. The van der Waals surface area contributed by atoms with Gasteiger partial charge >= 0.3 is 0 Å². The molecule has 1 amide bonds. The number of nitrogens with zero attached hydrogens (tertiary/aromatic N) is 2. The summed E-state index contributed by atoms with van der Waals surface area (Å²) in [4.78, 5) is 12.2. The first kappa shape index (κ1) is 14.3. The summed E-state index contributed by atoms with van der Waals surface area (Å²) in [5.41, 5.74) is 9.27. The highest BCUT2D eigenvalue weighted by molar-refractivity contribution is 5.92. The fraction of sp³-hybridized carbons (Fsp3) is 0.333. The Morgan fingerprint density at radius 1 is 1.35 bits per heavy atom. The Hall–Kier alpha value is -2.14. The van der Waals surface area contributed by atoms with Gasteiger partial charge in [0.05, 0.1) is 5.69 Å². The van der Waals surface area contributed by atoms with Gasteiger partial charge in [0.25, 0.3) is 5.91 Å². The lowest BCUT2D eigenvalue weighted by atomic mass is 10.1. The largest absolute Gasteiger partial charge is 0.347 e. The third kappa shape index (κ3) is 3.05. The Bertz CT molecular complexity index is 604. The number of hydrogen-bond acceptors (Lipinski definition) is 3. The maximum Gasteiger partial charge on any atom is 0.269 e. The van der Waals surface area contributed by atoms with Crippen molar-refractivity contribution in [2.45, 2.75) is 26.4 Å². The number of hydrogen-bond donors (Lipinski definition) is 2. The van der Waals surface area contributed by atoms with Crippen LogP contribution in [0, 0.1) is 0 Å². The highest BCUT2D eigenvalue weighted by atomic mass is 16.2. The second-order valence-corrected chi connectivity index (χ2v) is 4.65. The summed E-state index contributed by atoms with van der Waals surface area (Å²) in [6, 6.07) is 9.66. The van der Waals surface area contributed by atoms with E-state index in [0.717, 1.165) is 23.2 Å². The molecule has 0 spiro atoms. The number of amides is 1. The van der Waals surface area contributed by atoms with Crippen LogP contribution in [0.1, 0.15) is 34.2 Å². The molecule has 20 heavy (non-hydrogen) atoms. The van der Waals surface area contributed by atoms with Gasteiger partial charge in [-0.1, -0.05) is 31.2 Å². The van der Waals surface area contributed by atoms with Crippen molar-refractivity contribution in [2.24, 2.45) is 12.8 Å². The Balaban J connectivity index is 2.06. The van der Waals surface area contributed by atoms with Crippen molar-refractivity contribution in [1.29, 1.82) is 0 Å². The minimum absolute atomic E-state index is 0.119. The van der Waals surface area contributed by atoms with E-state index in [4.69, 9.17) is 5.73 Å². The van der Waals surface area contributed by atoms with Gasteiger partial charge in [0.2, 0.25) is 0 Å². The molecule has 0 bridgehead atoms. The highest BCUT2D eigenvalue weighted by Gasteiger charge is 2.12. The Morgan fingerprint density at radius 2 is 2.05 bits per heavy atom. The number of aryl methyl sites for hydroxylation is 2. The van der Waals surface area contributed by atoms with Gasteiger partial charge in [-0.3, -0.25) is 9.48 Å². The van der Waals surface area contributed by atoms with E-state index in [1.54, 1.807) is 11.7 Å². The summed E-state index contributed by atoms with van der Waals surface area (Å²) in [6.07, 6.45) is 0.817. The summed E-state index contributed by atoms with van der Waals surface area (Å²) in [6.45, 7) is 2.96. The molecule has 1 heterocycles. The monoisotopic (exact) mass is 272 g/mol. The summed E-state index contributed by atoms with van der Waals surface area (Å²) >= 11 is 0. The van der Waals surface area contributed by atoms with Gasteiger partial charge in [0, 0.05) is 20.1 Å². The third-order valence-corrected chi connectivity index (χ3v) is 3.30. The zero-order valence-electron chi connectivity index (χ0n) is 11.9. The second-order valence-electron chi connectivity index (χ2n) is 4.65. The summed E-state index contributed by atoms with van der Waals surface area (Å²) in [5.74, 6) is -0.119. The number of carbonyl (C=O) groups excluding carboxylic acids is 1. The van der Waals surface area contributed by atoms with E-state index in [9.17, 15) is 4.79 Å². The molecular formula is C15H20N4O. The predicted molar refractivity (Wildman–Crippen MR) is 78.1 cm³/mol. The topological polar surface area (TPSA) is 72.9 Å². The number of rotatable bonds is 5. The highest BCUT2D eigenvalue weighted by Crippen LogP contribution is 2.08. The lowest BCUT2D eigenvalue weighted by molar-refractivity contribution is 0.0941. The van der Waals surface area contributed by atoms with E-state index in [1.807, 2.05) is 37.3 Å². The van der Waals surface area contributed by atoms with Gasteiger partial charge in [-0.25, -0.2) is 0 Å². The van der Waals surface area contributed by atoms with Gasteiger partial charge in [-0.2, -0.15) is 5.10 Å². The van der Waals surface area contributed by atoms with Crippen LogP contribution in [0.25, 0.3) is 0 Å². The first-order valence-electron chi connectivity index (χ1n) is 6.73. The normalized spacial score (nSPS) is 10.6. The molecular weight excluding hydrogens is 252 g/mol. The van der Waals surface area contributed by atoms with E-state index in [-0.39, 0.29) is 5.91 Å². The molecule has 5 nitrogen and oxygen atoms in total. The van der Waals surface area contributed by atoms with Crippen LogP contribution >= 0.6 is 0 Å². The van der Waals surface area contributed by atoms with Gasteiger partial charge in [-0.15, -0.1) is 0 Å². The fourth-order valence-electron chi connectivity index (χ4n) is 2.11. The van der Waals surface area contributed by atoms with Gasteiger partial charge in [0.1, 0.15) is 5.69 Å². The summed E-state index contributed by atoms with van der Waals surface area (Å²) in [5, 5.41) is 7.19. The van der Waals surface area contributed by atoms with Gasteiger partial charge in [-0.05, 0) is 23.6 Å². The number of benzene rings is 1. The number of aromatic nitrogens is 2. The van der Waals surface area contributed by atoms with E-state index in [1.165, 1.54) is 0 Å². The zero-order valence-corrected chi connectivity index (χ0v) is 11.9. The van der Waals surface area contributed by atoms with Crippen LogP contribution in [-0.4, -0.2) is 15.7 Å². The molecule has 0 fully saturated rings.